The molecule has 2 aromatic rings. The van der Waals surface area contributed by atoms with E-state index in [2.05, 4.69) is 15.9 Å². The van der Waals surface area contributed by atoms with E-state index in [-0.39, 0.29) is 5.54 Å². The number of hydrogen-bond acceptors (Lipinski definition) is 4. The first-order valence-electron chi connectivity index (χ1n) is 7.42. The van der Waals surface area contributed by atoms with Crippen LogP contribution >= 0.6 is 15.9 Å². The monoisotopic (exact) mass is 378 g/mol. The second-order valence-corrected chi connectivity index (χ2v) is 7.12. The number of nitrogens with zero attached hydrogens (tertiary/aromatic N) is 1. The number of halogens is 1. The predicted octanol–water partition coefficient (Wildman–Crippen LogP) is 4.52. The summed E-state index contributed by atoms with van der Waals surface area (Å²) in [7, 11) is 1.63. The van der Waals surface area contributed by atoms with Crippen LogP contribution in [0.3, 0.4) is 0 Å². The highest BCUT2D eigenvalue weighted by Gasteiger charge is 2.22. The molecular weight excluding hydrogens is 356 g/mol. The van der Waals surface area contributed by atoms with E-state index >= 15 is 0 Å². The molecule has 0 heterocycles. The number of ether oxygens (including phenoxy) is 2. The van der Waals surface area contributed by atoms with Gasteiger partial charge in [0.05, 0.1) is 12.8 Å². The van der Waals surface area contributed by atoms with Crippen molar-refractivity contribution < 1.29 is 9.47 Å². The lowest BCUT2D eigenvalue weighted by Gasteiger charge is -2.34. The first-order chi connectivity index (χ1) is 10.8. The molecule has 0 aliphatic rings. The number of benzene rings is 2. The number of hydrogen-bond donors (Lipinski definition) is 1. The zero-order chi connectivity index (χ0) is 17.0. The van der Waals surface area contributed by atoms with Crippen molar-refractivity contribution in [2.75, 3.05) is 12.1 Å². The van der Waals surface area contributed by atoms with Crippen molar-refractivity contribution in [3.63, 3.8) is 0 Å². The highest BCUT2D eigenvalue weighted by molar-refractivity contribution is 9.10. The lowest BCUT2D eigenvalue weighted by atomic mass is 10.1. The van der Waals surface area contributed by atoms with E-state index < -0.39 is 0 Å². The largest absolute Gasteiger partial charge is 0.493 e. The smallest absolute Gasteiger partial charge is 0.163 e. The van der Waals surface area contributed by atoms with Crippen molar-refractivity contribution in [3.8, 4) is 11.5 Å². The maximum absolute atomic E-state index is 6.25. The molecule has 2 rings (SSSR count). The summed E-state index contributed by atoms with van der Waals surface area (Å²) in [5, 5.41) is 1.71. The Morgan fingerprint density at radius 1 is 1.09 bits per heavy atom. The van der Waals surface area contributed by atoms with E-state index in [9.17, 15) is 0 Å². The molecule has 124 valence electrons. The van der Waals surface area contributed by atoms with Gasteiger partial charge in [0.1, 0.15) is 6.61 Å². The van der Waals surface area contributed by atoms with Crippen molar-refractivity contribution in [3.05, 3.63) is 52.5 Å². The summed E-state index contributed by atoms with van der Waals surface area (Å²) in [5.41, 5.74) is 1.73. The molecule has 5 heteroatoms. The Hall–Kier alpha value is -1.72. The first kappa shape index (κ1) is 17.6. The number of methoxy groups -OCH3 is 1. The Kier molecular flexibility index (Phi) is 5.55. The van der Waals surface area contributed by atoms with Gasteiger partial charge in [-0.15, -0.1) is 0 Å². The third-order valence-corrected chi connectivity index (χ3v) is 4.09. The molecule has 0 aliphatic carbocycles. The molecule has 0 unspecified atom stereocenters. The van der Waals surface area contributed by atoms with Gasteiger partial charge in [0.25, 0.3) is 0 Å². The normalized spacial score (nSPS) is 11.2. The van der Waals surface area contributed by atoms with Crippen LogP contribution in [0.4, 0.5) is 5.69 Å². The van der Waals surface area contributed by atoms with Crippen LogP contribution in [-0.2, 0) is 6.61 Å². The van der Waals surface area contributed by atoms with E-state index in [1.54, 1.807) is 12.1 Å². The average Bonchev–Trinajstić information content (AvgIpc) is 2.52. The quantitative estimate of drug-likeness (QED) is 0.613. The molecule has 2 N–H and O–H groups in total. The fourth-order valence-electron chi connectivity index (χ4n) is 2.08. The van der Waals surface area contributed by atoms with Gasteiger partial charge in [-0.1, -0.05) is 30.3 Å². The minimum Gasteiger partial charge on any atom is -0.493 e. The SMILES string of the molecule is COc1cc(Br)c(N(N)C(C)(C)C)cc1OCc1ccccc1. The fourth-order valence-corrected chi connectivity index (χ4v) is 2.59. The maximum atomic E-state index is 6.25. The number of anilines is 1. The second-order valence-electron chi connectivity index (χ2n) is 6.27. The van der Waals surface area contributed by atoms with Crippen molar-refractivity contribution in [2.45, 2.75) is 32.9 Å². The first-order valence-corrected chi connectivity index (χ1v) is 8.21. The molecular formula is C18H23BrN2O2. The second kappa shape index (κ2) is 7.23. The number of rotatable bonds is 5. The molecule has 0 amide bonds. The molecule has 0 saturated heterocycles. The van der Waals surface area contributed by atoms with Crippen molar-refractivity contribution >= 4 is 21.6 Å². The van der Waals surface area contributed by atoms with E-state index in [0.717, 1.165) is 15.7 Å². The van der Waals surface area contributed by atoms with Gasteiger partial charge in [0.15, 0.2) is 11.5 Å². The zero-order valence-corrected chi connectivity index (χ0v) is 15.6. The molecule has 0 aliphatic heterocycles. The summed E-state index contributed by atoms with van der Waals surface area (Å²) in [5.74, 6) is 7.57. The van der Waals surface area contributed by atoms with Crippen LogP contribution in [-0.4, -0.2) is 12.6 Å². The van der Waals surface area contributed by atoms with Crippen molar-refractivity contribution in [2.24, 2.45) is 5.84 Å². The Balaban J connectivity index is 2.30. The van der Waals surface area contributed by atoms with E-state index in [4.69, 9.17) is 15.3 Å². The van der Waals surface area contributed by atoms with Gasteiger partial charge < -0.3 is 14.5 Å². The summed E-state index contributed by atoms with van der Waals surface area (Å²) < 4.78 is 12.2. The molecule has 0 atom stereocenters. The molecule has 2 aromatic carbocycles. The van der Waals surface area contributed by atoms with Gasteiger partial charge >= 0.3 is 0 Å². The average molecular weight is 379 g/mol. The zero-order valence-electron chi connectivity index (χ0n) is 14.0. The minimum absolute atomic E-state index is 0.214. The van der Waals surface area contributed by atoms with Gasteiger partial charge in [0, 0.05) is 22.1 Å². The van der Waals surface area contributed by atoms with Gasteiger partial charge in [-0.05, 0) is 42.3 Å². The van der Waals surface area contributed by atoms with Crippen LogP contribution in [0.5, 0.6) is 11.5 Å². The molecule has 4 nitrogen and oxygen atoms in total. The number of hydrazine groups is 1. The van der Waals surface area contributed by atoms with Crippen molar-refractivity contribution in [1.29, 1.82) is 0 Å². The molecule has 0 fully saturated rings. The minimum atomic E-state index is -0.214. The van der Waals surface area contributed by atoms with Crippen LogP contribution in [0.1, 0.15) is 26.3 Å². The molecule has 0 radical (unpaired) electrons. The molecule has 0 spiro atoms. The summed E-state index contributed by atoms with van der Waals surface area (Å²) in [6.07, 6.45) is 0. The van der Waals surface area contributed by atoms with Crippen molar-refractivity contribution in [1.82, 2.24) is 0 Å². The van der Waals surface area contributed by atoms with Gasteiger partial charge in [-0.25, -0.2) is 5.84 Å². The van der Waals surface area contributed by atoms with Gasteiger partial charge in [-0.3, -0.25) is 0 Å². The van der Waals surface area contributed by atoms with E-state index in [0.29, 0.717) is 18.1 Å². The fraction of sp³-hybridized carbons (Fsp3) is 0.333. The lowest BCUT2D eigenvalue weighted by molar-refractivity contribution is 0.284. The standard InChI is InChI=1S/C18H23BrN2O2/c1-18(2,3)21(20)15-11-17(16(22-4)10-14(15)19)23-12-13-8-6-5-7-9-13/h5-11H,12,20H2,1-4H3. The van der Waals surface area contributed by atoms with Crippen LogP contribution in [0.15, 0.2) is 46.9 Å². The Labute approximate surface area is 146 Å². The lowest BCUT2D eigenvalue weighted by Crippen LogP contribution is -2.47. The Morgan fingerprint density at radius 3 is 2.30 bits per heavy atom. The van der Waals surface area contributed by atoms with Crippen LogP contribution < -0.4 is 20.3 Å². The van der Waals surface area contributed by atoms with E-state index in [1.165, 1.54) is 0 Å². The van der Waals surface area contributed by atoms with Gasteiger partial charge in [0.2, 0.25) is 0 Å². The third-order valence-electron chi connectivity index (χ3n) is 3.45. The Morgan fingerprint density at radius 2 is 1.74 bits per heavy atom. The summed E-state index contributed by atoms with van der Waals surface area (Å²) in [6.45, 7) is 6.62. The summed E-state index contributed by atoms with van der Waals surface area (Å²) in [4.78, 5) is 0. The highest BCUT2D eigenvalue weighted by Crippen LogP contribution is 2.39. The maximum Gasteiger partial charge on any atom is 0.163 e. The highest BCUT2D eigenvalue weighted by atomic mass is 79.9. The predicted molar refractivity (Wildman–Crippen MR) is 97.9 cm³/mol. The van der Waals surface area contributed by atoms with Crippen LogP contribution in [0, 0.1) is 0 Å². The molecule has 0 bridgehead atoms. The molecule has 23 heavy (non-hydrogen) atoms. The van der Waals surface area contributed by atoms with Gasteiger partial charge in [-0.2, -0.15) is 0 Å². The Bertz CT molecular complexity index is 654. The summed E-state index contributed by atoms with van der Waals surface area (Å²) >= 11 is 3.55. The third kappa shape index (κ3) is 4.39. The number of nitrogens with two attached hydrogens (primary N) is 1. The molecule has 0 saturated carbocycles. The van der Waals surface area contributed by atoms with E-state index in [1.807, 2.05) is 63.2 Å². The van der Waals surface area contributed by atoms with Crippen LogP contribution in [0.25, 0.3) is 0 Å². The molecule has 0 aromatic heterocycles. The topological polar surface area (TPSA) is 47.7 Å². The summed E-state index contributed by atoms with van der Waals surface area (Å²) in [6, 6.07) is 13.8. The van der Waals surface area contributed by atoms with Crippen LogP contribution in [0.2, 0.25) is 0 Å².